The van der Waals surface area contributed by atoms with Crippen LogP contribution in [0.2, 0.25) is 0 Å². The molecule has 2 unspecified atom stereocenters. The molecule has 11 heteroatoms. The molecule has 29 heavy (non-hydrogen) atoms. The molecule has 7 nitrogen and oxygen atoms in total. The number of carbonyl (C=O) groups is 1. The first kappa shape index (κ1) is 22.1. The lowest BCUT2D eigenvalue weighted by Crippen LogP contribution is -2.64. The van der Waals surface area contributed by atoms with Gasteiger partial charge in [-0.1, -0.05) is 0 Å². The van der Waals surface area contributed by atoms with Crippen LogP contribution in [0.15, 0.2) is 0 Å². The number of thioether (sulfide) groups is 2. The first-order valence-electron chi connectivity index (χ1n) is 9.80. The molecule has 1 spiro atoms. The summed E-state index contributed by atoms with van der Waals surface area (Å²) in [6.07, 6.45) is 3.63. The van der Waals surface area contributed by atoms with Crippen LogP contribution in [-0.4, -0.2) is 68.6 Å². The van der Waals surface area contributed by atoms with Gasteiger partial charge < -0.3 is 14.9 Å². The third kappa shape index (κ3) is 3.34. The number of esters is 1. The van der Waals surface area contributed by atoms with Crippen molar-refractivity contribution in [3.8, 4) is 0 Å². The lowest BCUT2D eigenvalue weighted by Gasteiger charge is -2.65. The highest BCUT2D eigenvalue weighted by atomic mass is 32.2. The number of alkyl halides is 1. The second kappa shape index (κ2) is 6.96. The van der Waals surface area contributed by atoms with Crippen molar-refractivity contribution in [1.29, 1.82) is 0 Å². The molecule has 166 valence electrons. The molecule has 3 N–H and O–H groups in total. The van der Waals surface area contributed by atoms with Crippen LogP contribution in [0, 0.1) is 23.2 Å². The second-order valence-corrected chi connectivity index (χ2v) is 13.9. The van der Waals surface area contributed by atoms with Gasteiger partial charge in [-0.25, -0.2) is 9.18 Å². The van der Waals surface area contributed by atoms with E-state index in [1.165, 1.54) is 0 Å². The Labute approximate surface area is 178 Å². The molecule has 4 bridgehead atoms. The quantitative estimate of drug-likeness (QED) is 0.408. The number of rotatable bonds is 5. The molecule has 5 rings (SSSR count). The normalized spacial score (nSPS) is 39.3. The fourth-order valence-electron chi connectivity index (χ4n) is 5.69. The number of ether oxygens (including phenoxy) is 1. The highest BCUT2D eigenvalue weighted by molar-refractivity contribution is 8.18. The molecular formula is C18H27FO7S3. The Morgan fingerprint density at radius 3 is 2.10 bits per heavy atom. The standard InChI is InChI=1S/C18H27FO7S3/c1-15(19,29(23,24)25)14(22)26-17-4-11-2-12(5-17)18(13(3-11)6-17)27-9-16(7-20,8-21)10-28-18/h11-13,20-21H,2-10H2,1H3,(H,23,24,25)/t11?,12?,13?,15-,17?/m1/s1. The predicted octanol–water partition coefficient (Wildman–Crippen LogP) is 1.83. The van der Waals surface area contributed by atoms with Gasteiger partial charge in [0.1, 0.15) is 5.60 Å². The smallest absolute Gasteiger partial charge is 0.362 e. The van der Waals surface area contributed by atoms with Gasteiger partial charge in [-0.15, -0.1) is 23.5 Å². The van der Waals surface area contributed by atoms with E-state index in [1.54, 1.807) is 23.5 Å². The van der Waals surface area contributed by atoms with Crippen molar-refractivity contribution < 1.29 is 37.1 Å². The van der Waals surface area contributed by atoms with Crippen molar-refractivity contribution in [2.45, 2.75) is 53.7 Å². The SMILES string of the molecule is C[C@](F)(C(=O)OC12CC3CC(C1)C1(SCC(CO)(CO)CS1)C(C3)C2)S(=O)(=O)O. The maximum atomic E-state index is 14.4. The summed E-state index contributed by atoms with van der Waals surface area (Å²) in [5.74, 6) is 0.559. The van der Waals surface area contributed by atoms with Crippen molar-refractivity contribution in [3.05, 3.63) is 0 Å². The minimum absolute atomic E-state index is 0.0657. The number of carbonyl (C=O) groups excluding carboxylic acids is 1. The number of hydrogen-bond donors (Lipinski definition) is 3. The van der Waals surface area contributed by atoms with Crippen molar-refractivity contribution in [1.82, 2.24) is 0 Å². The monoisotopic (exact) mass is 470 g/mol. The molecule has 1 aliphatic heterocycles. The molecule has 4 saturated carbocycles. The van der Waals surface area contributed by atoms with Crippen LogP contribution in [0.4, 0.5) is 4.39 Å². The van der Waals surface area contributed by atoms with Crippen LogP contribution in [-0.2, 0) is 19.6 Å². The van der Waals surface area contributed by atoms with Gasteiger partial charge in [0.05, 0.1) is 17.3 Å². The fraction of sp³-hybridized carbons (Fsp3) is 0.944. The van der Waals surface area contributed by atoms with Gasteiger partial charge in [0.15, 0.2) is 0 Å². The van der Waals surface area contributed by atoms with Crippen molar-refractivity contribution in [2.24, 2.45) is 23.2 Å². The van der Waals surface area contributed by atoms with E-state index >= 15 is 0 Å². The molecule has 0 aromatic carbocycles. The largest absolute Gasteiger partial charge is 0.456 e. The summed E-state index contributed by atoms with van der Waals surface area (Å²) in [5.41, 5.74) is -1.38. The summed E-state index contributed by atoms with van der Waals surface area (Å²) >= 11 is 3.55. The molecule has 5 fully saturated rings. The number of halogens is 1. The fourth-order valence-corrected chi connectivity index (χ4v) is 10.1. The van der Waals surface area contributed by atoms with Crippen LogP contribution >= 0.6 is 23.5 Å². The van der Waals surface area contributed by atoms with Crippen LogP contribution in [0.25, 0.3) is 0 Å². The average Bonchev–Trinajstić information content (AvgIpc) is 2.65. The van der Waals surface area contributed by atoms with Gasteiger partial charge in [0, 0.05) is 16.9 Å². The molecule has 4 aliphatic carbocycles. The number of aliphatic hydroxyl groups excluding tert-OH is 2. The van der Waals surface area contributed by atoms with Gasteiger partial charge in [-0.2, -0.15) is 8.42 Å². The molecule has 0 aromatic heterocycles. The molecule has 0 radical (unpaired) electrons. The summed E-state index contributed by atoms with van der Waals surface area (Å²) < 4.78 is 51.5. The van der Waals surface area contributed by atoms with Gasteiger partial charge in [-0.3, -0.25) is 4.55 Å². The summed E-state index contributed by atoms with van der Waals surface area (Å²) in [6, 6.07) is 0. The Hall–Kier alpha value is -0.0700. The molecule has 5 aliphatic rings. The first-order chi connectivity index (χ1) is 13.4. The Balaban J connectivity index is 1.54. The van der Waals surface area contributed by atoms with Crippen molar-refractivity contribution in [2.75, 3.05) is 24.7 Å². The highest BCUT2D eigenvalue weighted by Crippen LogP contribution is 2.70. The van der Waals surface area contributed by atoms with E-state index in [4.69, 9.17) is 9.29 Å². The van der Waals surface area contributed by atoms with Gasteiger partial charge in [0.25, 0.3) is 0 Å². The minimum atomic E-state index is -5.23. The summed E-state index contributed by atoms with van der Waals surface area (Å²) in [4.78, 5) is 12.3. The van der Waals surface area contributed by atoms with Gasteiger partial charge in [-0.05, 0) is 56.8 Å². The zero-order chi connectivity index (χ0) is 21.3. The Morgan fingerprint density at radius 2 is 1.66 bits per heavy atom. The first-order valence-corrected chi connectivity index (χ1v) is 13.2. The maximum Gasteiger partial charge on any atom is 0.362 e. The van der Waals surface area contributed by atoms with Crippen LogP contribution in [0.1, 0.15) is 39.0 Å². The van der Waals surface area contributed by atoms with Crippen LogP contribution < -0.4 is 0 Å². The molecule has 3 atom stereocenters. The lowest BCUT2D eigenvalue weighted by molar-refractivity contribution is -0.194. The molecule has 1 heterocycles. The molecular weight excluding hydrogens is 443 g/mol. The molecule has 1 saturated heterocycles. The summed E-state index contributed by atoms with van der Waals surface area (Å²) in [7, 11) is -5.23. The third-order valence-corrected chi connectivity index (χ3v) is 12.9. The van der Waals surface area contributed by atoms with Crippen molar-refractivity contribution >= 4 is 39.6 Å². The van der Waals surface area contributed by atoms with E-state index in [0.717, 1.165) is 12.8 Å². The van der Waals surface area contributed by atoms with E-state index < -0.39 is 32.1 Å². The van der Waals surface area contributed by atoms with Gasteiger partial charge >= 0.3 is 21.1 Å². The second-order valence-electron chi connectivity index (χ2n) is 9.42. The van der Waals surface area contributed by atoms with Gasteiger partial charge in [0.2, 0.25) is 0 Å². The van der Waals surface area contributed by atoms with E-state index in [-0.39, 0.29) is 29.1 Å². The molecule has 0 aromatic rings. The lowest BCUT2D eigenvalue weighted by atomic mass is 9.53. The van der Waals surface area contributed by atoms with Crippen molar-refractivity contribution in [3.63, 3.8) is 0 Å². The summed E-state index contributed by atoms with van der Waals surface area (Å²) in [5, 5.41) is 15.9. The number of aliphatic hydroxyl groups is 2. The maximum absolute atomic E-state index is 14.4. The summed E-state index contributed by atoms with van der Waals surface area (Å²) in [6.45, 7) is 0.385. The topological polar surface area (TPSA) is 121 Å². The minimum Gasteiger partial charge on any atom is -0.456 e. The van der Waals surface area contributed by atoms with Crippen LogP contribution in [0.3, 0.4) is 0 Å². The molecule has 0 amide bonds. The average molecular weight is 471 g/mol. The third-order valence-electron chi connectivity index (χ3n) is 7.31. The predicted molar refractivity (Wildman–Crippen MR) is 108 cm³/mol. The van der Waals surface area contributed by atoms with E-state index in [1.807, 2.05) is 0 Å². The van der Waals surface area contributed by atoms with Crippen LogP contribution in [0.5, 0.6) is 0 Å². The number of hydrogen-bond acceptors (Lipinski definition) is 8. The van der Waals surface area contributed by atoms with E-state index in [0.29, 0.717) is 43.6 Å². The van der Waals surface area contributed by atoms with E-state index in [9.17, 15) is 27.8 Å². The Morgan fingerprint density at radius 1 is 1.14 bits per heavy atom. The Kier molecular flexibility index (Phi) is 5.32. The Bertz CT molecular complexity index is 767. The zero-order valence-corrected chi connectivity index (χ0v) is 18.6. The van der Waals surface area contributed by atoms with E-state index in [2.05, 4.69) is 0 Å². The highest BCUT2D eigenvalue weighted by Gasteiger charge is 2.66. The zero-order valence-electron chi connectivity index (χ0n) is 16.2.